The fourth-order valence-corrected chi connectivity index (χ4v) is 1.92. The molecule has 1 aromatic heterocycles. The fraction of sp³-hybridized carbons (Fsp3) is 0.0769. The Labute approximate surface area is 113 Å². The third kappa shape index (κ3) is 2.87. The van der Waals surface area contributed by atoms with Gasteiger partial charge < -0.3 is 11.1 Å². The number of pyridine rings is 1. The van der Waals surface area contributed by atoms with E-state index in [4.69, 9.17) is 5.73 Å². The van der Waals surface area contributed by atoms with Gasteiger partial charge in [0.15, 0.2) is 0 Å². The molecule has 92 valence electrons. The Balaban J connectivity index is 2.22. The maximum atomic E-state index is 12.0. The maximum absolute atomic E-state index is 12.0. The van der Waals surface area contributed by atoms with Gasteiger partial charge in [-0.3, -0.25) is 4.79 Å². The third-order valence-corrected chi connectivity index (χ3v) is 2.88. The summed E-state index contributed by atoms with van der Waals surface area (Å²) in [6.07, 6.45) is 0. The standard InChI is InChI=1S/C13H12BrN3O/c1-8-3-2-4-12(16-8)17-13(18)10-6-5-9(14)7-11(10)15/h2-7H,15H2,1H3,(H,16,17,18). The van der Waals surface area contributed by atoms with Crippen LogP contribution < -0.4 is 11.1 Å². The van der Waals surface area contributed by atoms with E-state index in [1.54, 1.807) is 24.3 Å². The molecule has 2 aromatic rings. The van der Waals surface area contributed by atoms with Crippen LogP contribution in [-0.4, -0.2) is 10.9 Å². The van der Waals surface area contributed by atoms with Gasteiger partial charge in [0.1, 0.15) is 5.82 Å². The van der Waals surface area contributed by atoms with Crippen molar-refractivity contribution in [3.05, 3.63) is 52.1 Å². The number of benzene rings is 1. The summed E-state index contributed by atoms with van der Waals surface area (Å²) in [7, 11) is 0. The number of hydrogen-bond donors (Lipinski definition) is 2. The normalized spacial score (nSPS) is 10.1. The summed E-state index contributed by atoms with van der Waals surface area (Å²) in [5.74, 6) is 0.250. The molecule has 0 spiro atoms. The van der Waals surface area contributed by atoms with Crippen LogP contribution in [0.4, 0.5) is 11.5 Å². The Morgan fingerprint density at radius 2 is 2.11 bits per heavy atom. The van der Waals surface area contributed by atoms with Crippen LogP contribution >= 0.6 is 15.9 Å². The van der Waals surface area contributed by atoms with E-state index in [0.717, 1.165) is 10.2 Å². The van der Waals surface area contributed by atoms with Crippen LogP contribution in [-0.2, 0) is 0 Å². The SMILES string of the molecule is Cc1cccc(NC(=O)c2ccc(Br)cc2N)n1. The number of carbonyl (C=O) groups excluding carboxylic acids is 1. The van der Waals surface area contributed by atoms with Crippen molar-refractivity contribution in [2.75, 3.05) is 11.1 Å². The molecule has 0 aliphatic rings. The number of aromatic nitrogens is 1. The zero-order chi connectivity index (χ0) is 13.1. The number of halogens is 1. The predicted molar refractivity (Wildman–Crippen MR) is 75.5 cm³/mol. The van der Waals surface area contributed by atoms with Gasteiger partial charge in [-0.2, -0.15) is 0 Å². The second kappa shape index (κ2) is 5.18. The van der Waals surface area contributed by atoms with Gasteiger partial charge in [-0.25, -0.2) is 4.98 Å². The first-order valence-electron chi connectivity index (χ1n) is 5.36. The number of nitrogens with two attached hydrogens (primary N) is 1. The number of nitrogens with zero attached hydrogens (tertiary/aromatic N) is 1. The molecule has 0 aliphatic carbocycles. The average Bonchev–Trinajstić information content (AvgIpc) is 2.28. The Bertz CT molecular complexity index is 599. The molecule has 3 N–H and O–H groups in total. The smallest absolute Gasteiger partial charge is 0.258 e. The number of carbonyl (C=O) groups is 1. The molecule has 1 heterocycles. The van der Waals surface area contributed by atoms with Crippen molar-refractivity contribution in [1.82, 2.24) is 4.98 Å². The van der Waals surface area contributed by atoms with Crippen molar-refractivity contribution in [3.63, 3.8) is 0 Å². The molecular formula is C13H12BrN3O. The summed E-state index contributed by atoms with van der Waals surface area (Å²) in [6.45, 7) is 1.86. The number of rotatable bonds is 2. The van der Waals surface area contributed by atoms with Gasteiger partial charge in [-0.15, -0.1) is 0 Å². The molecule has 0 saturated carbocycles. The molecule has 18 heavy (non-hydrogen) atoms. The molecule has 0 atom stereocenters. The Morgan fingerprint density at radius 3 is 2.78 bits per heavy atom. The largest absolute Gasteiger partial charge is 0.398 e. The number of nitrogen functional groups attached to an aromatic ring is 1. The van der Waals surface area contributed by atoms with Gasteiger partial charge >= 0.3 is 0 Å². The topological polar surface area (TPSA) is 68.0 Å². The van der Waals surface area contributed by atoms with Crippen LogP contribution in [0, 0.1) is 6.92 Å². The van der Waals surface area contributed by atoms with Crippen LogP contribution in [0.5, 0.6) is 0 Å². The zero-order valence-electron chi connectivity index (χ0n) is 9.77. The lowest BCUT2D eigenvalue weighted by atomic mass is 10.1. The first kappa shape index (κ1) is 12.6. The Hall–Kier alpha value is -1.88. The second-order valence-corrected chi connectivity index (χ2v) is 4.77. The summed E-state index contributed by atoms with van der Waals surface area (Å²) in [5.41, 5.74) is 7.50. The van der Waals surface area contributed by atoms with Crippen molar-refractivity contribution in [3.8, 4) is 0 Å². The first-order valence-corrected chi connectivity index (χ1v) is 6.15. The van der Waals surface area contributed by atoms with Gasteiger partial charge in [0.2, 0.25) is 0 Å². The van der Waals surface area contributed by atoms with E-state index >= 15 is 0 Å². The average molecular weight is 306 g/mol. The molecule has 4 nitrogen and oxygen atoms in total. The molecular weight excluding hydrogens is 294 g/mol. The number of aryl methyl sites for hydroxylation is 1. The lowest BCUT2D eigenvalue weighted by molar-refractivity contribution is 0.102. The van der Waals surface area contributed by atoms with E-state index in [9.17, 15) is 4.79 Å². The highest BCUT2D eigenvalue weighted by Crippen LogP contribution is 2.19. The van der Waals surface area contributed by atoms with Crippen molar-refractivity contribution >= 4 is 33.3 Å². The van der Waals surface area contributed by atoms with Crippen LogP contribution in [0.1, 0.15) is 16.1 Å². The predicted octanol–water partition coefficient (Wildman–Crippen LogP) is 2.99. The van der Waals surface area contributed by atoms with E-state index in [-0.39, 0.29) is 5.91 Å². The summed E-state index contributed by atoms with van der Waals surface area (Å²) >= 11 is 3.30. The lowest BCUT2D eigenvalue weighted by Crippen LogP contribution is -2.15. The van der Waals surface area contributed by atoms with E-state index in [1.807, 2.05) is 19.1 Å². The molecule has 0 radical (unpaired) electrons. The van der Waals surface area contributed by atoms with E-state index in [0.29, 0.717) is 17.1 Å². The minimum Gasteiger partial charge on any atom is -0.398 e. The van der Waals surface area contributed by atoms with Gasteiger partial charge in [0.05, 0.1) is 5.56 Å². The summed E-state index contributed by atoms with van der Waals surface area (Å²) < 4.78 is 0.838. The minimum absolute atomic E-state index is 0.266. The van der Waals surface area contributed by atoms with E-state index in [1.165, 1.54) is 0 Å². The van der Waals surface area contributed by atoms with Crippen LogP contribution in [0.2, 0.25) is 0 Å². The maximum Gasteiger partial charge on any atom is 0.258 e. The highest BCUT2D eigenvalue weighted by molar-refractivity contribution is 9.10. The van der Waals surface area contributed by atoms with Gasteiger partial charge in [-0.05, 0) is 37.3 Å². The number of anilines is 2. The molecule has 0 unspecified atom stereocenters. The molecule has 0 aliphatic heterocycles. The van der Waals surface area contributed by atoms with Crippen molar-refractivity contribution < 1.29 is 4.79 Å². The van der Waals surface area contributed by atoms with Crippen LogP contribution in [0.15, 0.2) is 40.9 Å². The number of amides is 1. The highest BCUT2D eigenvalue weighted by Gasteiger charge is 2.10. The van der Waals surface area contributed by atoms with Crippen molar-refractivity contribution in [2.24, 2.45) is 0 Å². The Morgan fingerprint density at radius 1 is 1.33 bits per heavy atom. The fourth-order valence-electron chi connectivity index (χ4n) is 1.54. The van der Waals surface area contributed by atoms with E-state index < -0.39 is 0 Å². The van der Waals surface area contributed by atoms with Gasteiger partial charge in [0.25, 0.3) is 5.91 Å². The van der Waals surface area contributed by atoms with Crippen LogP contribution in [0.25, 0.3) is 0 Å². The van der Waals surface area contributed by atoms with Crippen molar-refractivity contribution in [1.29, 1.82) is 0 Å². The number of nitrogens with one attached hydrogen (secondary N) is 1. The van der Waals surface area contributed by atoms with Gasteiger partial charge in [0, 0.05) is 15.9 Å². The lowest BCUT2D eigenvalue weighted by Gasteiger charge is -2.07. The molecule has 0 saturated heterocycles. The molecule has 2 rings (SSSR count). The quantitative estimate of drug-likeness (QED) is 0.838. The molecule has 5 heteroatoms. The minimum atomic E-state index is -0.266. The summed E-state index contributed by atoms with van der Waals surface area (Å²) in [6, 6.07) is 10.6. The second-order valence-electron chi connectivity index (χ2n) is 3.85. The molecule has 1 amide bonds. The Kier molecular flexibility index (Phi) is 3.62. The first-order chi connectivity index (χ1) is 8.56. The molecule has 0 bridgehead atoms. The van der Waals surface area contributed by atoms with Gasteiger partial charge in [-0.1, -0.05) is 22.0 Å². The summed E-state index contributed by atoms with van der Waals surface area (Å²) in [4.78, 5) is 16.2. The van der Waals surface area contributed by atoms with E-state index in [2.05, 4.69) is 26.2 Å². The molecule has 0 fully saturated rings. The molecule has 1 aromatic carbocycles. The zero-order valence-corrected chi connectivity index (χ0v) is 11.4. The number of hydrogen-bond acceptors (Lipinski definition) is 3. The van der Waals surface area contributed by atoms with Crippen molar-refractivity contribution in [2.45, 2.75) is 6.92 Å². The summed E-state index contributed by atoms with van der Waals surface area (Å²) in [5, 5.41) is 2.71. The highest BCUT2D eigenvalue weighted by atomic mass is 79.9. The monoisotopic (exact) mass is 305 g/mol. The third-order valence-electron chi connectivity index (χ3n) is 2.39. The van der Waals surface area contributed by atoms with Crippen LogP contribution in [0.3, 0.4) is 0 Å².